The molecule has 0 aliphatic carbocycles. The lowest BCUT2D eigenvalue weighted by molar-refractivity contribution is -0.134. The fourth-order valence-corrected chi connectivity index (χ4v) is 4.41. The second kappa shape index (κ2) is 7.56. The van der Waals surface area contributed by atoms with Crippen molar-refractivity contribution in [2.75, 3.05) is 5.75 Å². The normalized spacial score (nSPS) is 20.7. The molecule has 1 amide bonds. The Labute approximate surface area is 153 Å². The zero-order valence-electron chi connectivity index (χ0n) is 15.3. The van der Waals surface area contributed by atoms with Gasteiger partial charge >= 0.3 is 0 Å². The molecular weight excluding hydrogens is 334 g/mol. The van der Waals surface area contributed by atoms with Crippen molar-refractivity contribution in [1.82, 2.24) is 25.1 Å². The van der Waals surface area contributed by atoms with Gasteiger partial charge in [0.1, 0.15) is 0 Å². The van der Waals surface area contributed by atoms with Gasteiger partial charge in [-0.3, -0.25) is 4.79 Å². The number of aromatic nitrogens is 4. The predicted molar refractivity (Wildman–Crippen MR) is 99.0 cm³/mol. The smallest absolute Gasteiger partial charge is 0.233 e. The molecule has 1 aromatic carbocycles. The van der Waals surface area contributed by atoms with Crippen molar-refractivity contribution in [2.45, 2.75) is 64.2 Å². The molecule has 1 aromatic heterocycles. The van der Waals surface area contributed by atoms with E-state index in [-0.39, 0.29) is 5.91 Å². The molecule has 0 radical (unpaired) electrons. The van der Waals surface area contributed by atoms with Gasteiger partial charge in [-0.1, -0.05) is 30.0 Å². The van der Waals surface area contributed by atoms with Crippen molar-refractivity contribution in [3.05, 3.63) is 29.3 Å². The van der Waals surface area contributed by atoms with Gasteiger partial charge in [0.25, 0.3) is 0 Å². The number of hydrogen-bond acceptors (Lipinski definition) is 5. The lowest BCUT2D eigenvalue weighted by atomic mass is 9.98. The molecule has 0 saturated carbocycles. The molecular formula is C18H25N5OS. The van der Waals surface area contributed by atoms with Crippen LogP contribution in [0.15, 0.2) is 23.4 Å². The first-order valence-corrected chi connectivity index (χ1v) is 9.76. The molecule has 3 rings (SSSR count). The molecule has 1 saturated heterocycles. The van der Waals surface area contributed by atoms with Gasteiger partial charge in [0.05, 0.1) is 11.4 Å². The third-order valence-corrected chi connectivity index (χ3v) is 5.80. The summed E-state index contributed by atoms with van der Waals surface area (Å²) in [6.07, 6.45) is 3.37. The average Bonchev–Trinajstić information content (AvgIpc) is 3.01. The monoisotopic (exact) mass is 359 g/mol. The number of para-hydroxylation sites is 1. The van der Waals surface area contributed by atoms with E-state index in [1.165, 1.54) is 18.2 Å². The third kappa shape index (κ3) is 3.71. The summed E-state index contributed by atoms with van der Waals surface area (Å²) in [6.45, 7) is 8.36. The highest BCUT2D eigenvalue weighted by Gasteiger charge is 2.29. The summed E-state index contributed by atoms with van der Waals surface area (Å²) in [5, 5.41) is 12.7. The number of nitrogens with zero attached hydrogens (tertiary/aromatic N) is 5. The summed E-state index contributed by atoms with van der Waals surface area (Å²) in [5.74, 6) is 0.528. The molecule has 2 aromatic rings. The van der Waals surface area contributed by atoms with Gasteiger partial charge < -0.3 is 4.90 Å². The molecule has 2 atom stereocenters. The molecule has 2 heterocycles. The number of carbonyl (C=O) groups excluding carboxylic acids is 1. The number of tetrazole rings is 1. The van der Waals surface area contributed by atoms with Crippen LogP contribution in [-0.2, 0) is 4.79 Å². The first-order valence-electron chi connectivity index (χ1n) is 8.78. The van der Waals surface area contributed by atoms with Crippen LogP contribution in [0.4, 0.5) is 0 Å². The summed E-state index contributed by atoms with van der Waals surface area (Å²) in [7, 11) is 0. The van der Waals surface area contributed by atoms with Gasteiger partial charge in [-0.05, 0) is 68.5 Å². The second-order valence-electron chi connectivity index (χ2n) is 6.83. The van der Waals surface area contributed by atoms with Crippen LogP contribution in [0.1, 0.15) is 44.2 Å². The van der Waals surface area contributed by atoms with E-state index in [0.717, 1.165) is 29.7 Å². The Kier molecular flexibility index (Phi) is 5.42. The van der Waals surface area contributed by atoms with Crippen molar-refractivity contribution >= 4 is 17.7 Å². The summed E-state index contributed by atoms with van der Waals surface area (Å²) < 4.78 is 1.74. The lowest BCUT2D eigenvalue weighted by Crippen LogP contribution is -2.48. The van der Waals surface area contributed by atoms with Crippen molar-refractivity contribution in [3.8, 4) is 5.69 Å². The van der Waals surface area contributed by atoms with Crippen molar-refractivity contribution in [2.24, 2.45) is 0 Å². The Bertz CT molecular complexity index is 729. The number of hydrogen-bond donors (Lipinski definition) is 0. The summed E-state index contributed by atoms with van der Waals surface area (Å²) in [5.41, 5.74) is 3.21. The summed E-state index contributed by atoms with van der Waals surface area (Å²) in [4.78, 5) is 14.8. The van der Waals surface area contributed by atoms with E-state index in [4.69, 9.17) is 0 Å². The Morgan fingerprint density at radius 3 is 2.48 bits per heavy atom. The highest BCUT2D eigenvalue weighted by Crippen LogP contribution is 2.26. The molecule has 1 aliphatic heterocycles. The van der Waals surface area contributed by atoms with Crippen molar-refractivity contribution in [1.29, 1.82) is 0 Å². The first-order chi connectivity index (χ1) is 12.0. The first kappa shape index (κ1) is 17.9. The summed E-state index contributed by atoms with van der Waals surface area (Å²) in [6, 6.07) is 6.73. The molecule has 1 aliphatic rings. The van der Waals surface area contributed by atoms with E-state index < -0.39 is 0 Å². The average molecular weight is 359 g/mol. The van der Waals surface area contributed by atoms with E-state index in [1.54, 1.807) is 4.68 Å². The SMILES string of the molecule is Cc1cccc(C)c1-n1nnnc1SCC(=O)N1C(C)CCCC1C. The van der Waals surface area contributed by atoms with Crippen LogP contribution in [0, 0.1) is 13.8 Å². The summed E-state index contributed by atoms with van der Waals surface area (Å²) >= 11 is 1.41. The topological polar surface area (TPSA) is 63.9 Å². The number of thioether (sulfide) groups is 1. The zero-order valence-corrected chi connectivity index (χ0v) is 16.1. The van der Waals surface area contributed by atoms with Crippen LogP contribution >= 0.6 is 11.8 Å². The minimum absolute atomic E-state index is 0.167. The second-order valence-corrected chi connectivity index (χ2v) is 7.77. The maximum atomic E-state index is 12.7. The molecule has 2 unspecified atom stereocenters. The number of aryl methyl sites for hydroxylation is 2. The van der Waals surface area contributed by atoms with Gasteiger partial charge in [0.2, 0.25) is 11.1 Å². The van der Waals surface area contributed by atoms with Crippen LogP contribution in [-0.4, -0.2) is 48.9 Å². The molecule has 0 N–H and O–H groups in total. The zero-order chi connectivity index (χ0) is 18.0. The third-order valence-electron chi connectivity index (χ3n) is 4.90. The number of piperidine rings is 1. The fraction of sp³-hybridized carbons (Fsp3) is 0.556. The molecule has 0 bridgehead atoms. The van der Waals surface area contributed by atoms with Crippen molar-refractivity contribution in [3.63, 3.8) is 0 Å². The molecule has 25 heavy (non-hydrogen) atoms. The lowest BCUT2D eigenvalue weighted by Gasteiger charge is -2.39. The molecule has 1 fully saturated rings. The molecule has 134 valence electrons. The quantitative estimate of drug-likeness (QED) is 0.785. The largest absolute Gasteiger partial charge is 0.337 e. The van der Waals surface area contributed by atoms with Crippen LogP contribution in [0.5, 0.6) is 0 Å². The number of likely N-dealkylation sites (tertiary alicyclic amines) is 1. The fourth-order valence-electron chi connectivity index (χ4n) is 3.66. The number of carbonyl (C=O) groups is 1. The van der Waals surface area contributed by atoms with E-state index in [9.17, 15) is 4.79 Å². The number of amides is 1. The maximum absolute atomic E-state index is 12.7. The van der Waals surface area contributed by atoms with Crippen LogP contribution < -0.4 is 0 Å². The Balaban J connectivity index is 1.75. The van der Waals surface area contributed by atoms with Gasteiger partial charge in [-0.15, -0.1) is 5.10 Å². The molecule has 7 heteroatoms. The standard InChI is InChI=1S/C18H25N5OS/c1-12-7-5-8-13(2)17(12)23-18(19-20-21-23)25-11-16(24)22-14(3)9-6-10-15(22)4/h5,7-8,14-15H,6,9-11H2,1-4H3. The maximum Gasteiger partial charge on any atom is 0.233 e. The van der Waals surface area contributed by atoms with E-state index in [1.807, 2.05) is 36.9 Å². The molecule has 0 spiro atoms. The Morgan fingerprint density at radius 2 is 1.84 bits per heavy atom. The minimum Gasteiger partial charge on any atom is -0.337 e. The Hall–Kier alpha value is -1.89. The van der Waals surface area contributed by atoms with E-state index in [2.05, 4.69) is 29.4 Å². The highest BCUT2D eigenvalue weighted by molar-refractivity contribution is 7.99. The number of benzene rings is 1. The molecule has 6 nitrogen and oxygen atoms in total. The number of rotatable bonds is 4. The highest BCUT2D eigenvalue weighted by atomic mass is 32.2. The minimum atomic E-state index is 0.167. The van der Waals surface area contributed by atoms with Crippen LogP contribution in [0.25, 0.3) is 5.69 Å². The van der Waals surface area contributed by atoms with Gasteiger partial charge in [0.15, 0.2) is 0 Å². The van der Waals surface area contributed by atoms with Crippen LogP contribution in [0.2, 0.25) is 0 Å². The van der Waals surface area contributed by atoms with Gasteiger partial charge in [-0.2, -0.15) is 4.68 Å². The van der Waals surface area contributed by atoms with E-state index >= 15 is 0 Å². The van der Waals surface area contributed by atoms with E-state index in [0.29, 0.717) is 23.0 Å². The van der Waals surface area contributed by atoms with Gasteiger partial charge in [-0.25, -0.2) is 0 Å². The predicted octanol–water partition coefficient (Wildman–Crippen LogP) is 3.16. The van der Waals surface area contributed by atoms with Gasteiger partial charge in [0, 0.05) is 12.1 Å². The van der Waals surface area contributed by atoms with Crippen molar-refractivity contribution < 1.29 is 4.79 Å². The Morgan fingerprint density at radius 1 is 1.20 bits per heavy atom. The van der Waals surface area contributed by atoms with Crippen LogP contribution in [0.3, 0.4) is 0 Å².